The van der Waals surface area contributed by atoms with Crippen molar-refractivity contribution in [3.63, 3.8) is 0 Å². The molecular formula is C16H26OS. The SMILES string of the molecule is CC(C)(C)C1CCCC(O)(Cc2ccsc2)CC1. The van der Waals surface area contributed by atoms with E-state index in [0.717, 1.165) is 25.2 Å². The Bertz CT molecular complexity index is 363. The van der Waals surface area contributed by atoms with Gasteiger partial charge in [-0.25, -0.2) is 0 Å². The maximum Gasteiger partial charge on any atom is 0.0688 e. The van der Waals surface area contributed by atoms with E-state index in [1.54, 1.807) is 11.3 Å². The molecule has 1 aliphatic carbocycles. The molecule has 0 saturated heterocycles. The summed E-state index contributed by atoms with van der Waals surface area (Å²) in [5.74, 6) is 0.758. The summed E-state index contributed by atoms with van der Waals surface area (Å²) in [6.07, 6.45) is 6.38. The zero-order valence-corrected chi connectivity index (χ0v) is 12.7. The monoisotopic (exact) mass is 266 g/mol. The molecule has 1 nitrogen and oxygen atoms in total. The van der Waals surface area contributed by atoms with Gasteiger partial charge in [-0.3, -0.25) is 0 Å². The van der Waals surface area contributed by atoms with Gasteiger partial charge in [0.05, 0.1) is 5.60 Å². The summed E-state index contributed by atoms with van der Waals surface area (Å²) in [6, 6.07) is 2.15. The fourth-order valence-electron chi connectivity index (χ4n) is 3.21. The van der Waals surface area contributed by atoms with E-state index in [1.165, 1.54) is 24.8 Å². The number of aliphatic hydroxyl groups is 1. The molecule has 0 amide bonds. The molecular weight excluding hydrogens is 240 g/mol. The van der Waals surface area contributed by atoms with E-state index < -0.39 is 5.60 Å². The molecule has 1 aromatic rings. The highest BCUT2D eigenvalue weighted by Crippen LogP contribution is 2.40. The fourth-order valence-corrected chi connectivity index (χ4v) is 3.87. The quantitative estimate of drug-likeness (QED) is 0.773. The number of hydrogen-bond donors (Lipinski definition) is 1. The average molecular weight is 266 g/mol. The van der Waals surface area contributed by atoms with Gasteiger partial charge in [-0.05, 0) is 59.4 Å². The summed E-state index contributed by atoms with van der Waals surface area (Å²) in [4.78, 5) is 0. The van der Waals surface area contributed by atoms with Crippen LogP contribution in [0.15, 0.2) is 16.8 Å². The van der Waals surface area contributed by atoms with Crippen molar-refractivity contribution < 1.29 is 5.11 Å². The van der Waals surface area contributed by atoms with E-state index in [1.807, 2.05) is 0 Å². The molecule has 18 heavy (non-hydrogen) atoms. The van der Waals surface area contributed by atoms with Crippen molar-refractivity contribution in [3.05, 3.63) is 22.4 Å². The van der Waals surface area contributed by atoms with E-state index in [4.69, 9.17) is 0 Å². The second-order valence-corrected chi connectivity index (χ2v) is 7.81. The predicted octanol–water partition coefficient (Wildman–Crippen LogP) is 4.65. The van der Waals surface area contributed by atoms with Crippen molar-refractivity contribution in [2.24, 2.45) is 11.3 Å². The lowest BCUT2D eigenvalue weighted by Gasteiger charge is -2.31. The Kier molecular flexibility index (Phi) is 4.18. The first kappa shape index (κ1) is 14.1. The second kappa shape index (κ2) is 5.34. The Morgan fingerprint density at radius 1 is 1.33 bits per heavy atom. The van der Waals surface area contributed by atoms with Crippen molar-refractivity contribution in [1.29, 1.82) is 0 Å². The predicted molar refractivity (Wildman–Crippen MR) is 79.0 cm³/mol. The van der Waals surface area contributed by atoms with Crippen LogP contribution in [0.4, 0.5) is 0 Å². The van der Waals surface area contributed by atoms with Crippen LogP contribution in [0.1, 0.15) is 58.4 Å². The fraction of sp³-hybridized carbons (Fsp3) is 0.750. The normalized spacial score (nSPS) is 30.1. The molecule has 1 aromatic heterocycles. The zero-order valence-electron chi connectivity index (χ0n) is 11.9. The van der Waals surface area contributed by atoms with Crippen LogP contribution in [0.3, 0.4) is 0 Å². The van der Waals surface area contributed by atoms with Gasteiger partial charge in [0.15, 0.2) is 0 Å². The van der Waals surface area contributed by atoms with Gasteiger partial charge in [-0.1, -0.05) is 27.2 Å². The van der Waals surface area contributed by atoms with Crippen LogP contribution in [0, 0.1) is 11.3 Å². The van der Waals surface area contributed by atoms with Crippen molar-refractivity contribution in [2.45, 2.75) is 64.9 Å². The lowest BCUT2D eigenvalue weighted by Crippen LogP contribution is -2.31. The minimum absolute atomic E-state index is 0.383. The maximum absolute atomic E-state index is 10.8. The molecule has 2 atom stereocenters. The molecule has 0 spiro atoms. The molecule has 1 fully saturated rings. The summed E-state index contributed by atoms with van der Waals surface area (Å²) < 4.78 is 0. The topological polar surface area (TPSA) is 20.2 Å². The highest BCUT2D eigenvalue weighted by atomic mass is 32.1. The van der Waals surface area contributed by atoms with Crippen LogP contribution >= 0.6 is 11.3 Å². The van der Waals surface area contributed by atoms with Crippen LogP contribution in [0.25, 0.3) is 0 Å². The van der Waals surface area contributed by atoms with Crippen molar-refractivity contribution >= 4 is 11.3 Å². The molecule has 1 heterocycles. The smallest absolute Gasteiger partial charge is 0.0688 e. The van der Waals surface area contributed by atoms with Gasteiger partial charge in [-0.15, -0.1) is 0 Å². The van der Waals surface area contributed by atoms with Gasteiger partial charge >= 0.3 is 0 Å². The van der Waals surface area contributed by atoms with Crippen LogP contribution in [0.2, 0.25) is 0 Å². The van der Waals surface area contributed by atoms with Crippen LogP contribution in [-0.4, -0.2) is 10.7 Å². The first-order valence-corrected chi connectivity index (χ1v) is 8.07. The second-order valence-electron chi connectivity index (χ2n) is 7.03. The van der Waals surface area contributed by atoms with Gasteiger partial charge in [0.25, 0.3) is 0 Å². The Hall–Kier alpha value is -0.340. The number of hydrogen-bond acceptors (Lipinski definition) is 2. The van der Waals surface area contributed by atoms with E-state index in [0.29, 0.717) is 5.41 Å². The molecule has 2 unspecified atom stereocenters. The third-order valence-electron chi connectivity index (χ3n) is 4.49. The zero-order chi connectivity index (χ0) is 13.2. The van der Waals surface area contributed by atoms with Crippen LogP contribution in [-0.2, 0) is 6.42 Å². The molecule has 102 valence electrons. The molecule has 1 saturated carbocycles. The Labute approximate surface area is 115 Å². The van der Waals surface area contributed by atoms with Crippen molar-refractivity contribution in [2.75, 3.05) is 0 Å². The average Bonchev–Trinajstić information content (AvgIpc) is 2.65. The number of thiophene rings is 1. The third kappa shape index (κ3) is 3.58. The molecule has 2 rings (SSSR count). The summed E-state index contributed by atoms with van der Waals surface area (Å²) >= 11 is 1.73. The van der Waals surface area contributed by atoms with Gasteiger partial charge in [0.2, 0.25) is 0 Å². The van der Waals surface area contributed by atoms with E-state index in [-0.39, 0.29) is 0 Å². The van der Waals surface area contributed by atoms with Gasteiger partial charge in [0.1, 0.15) is 0 Å². The Morgan fingerprint density at radius 2 is 2.11 bits per heavy atom. The molecule has 0 radical (unpaired) electrons. The van der Waals surface area contributed by atoms with E-state index >= 15 is 0 Å². The first-order valence-electron chi connectivity index (χ1n) is 7.13. The summed E-state index contributed by atoms with van der Waals surface area (Å²) in [6.45, 7) is 7.00. The molecule has 0 aliphatic heterocycles. The van der Waals surface area contributed by atoms with Crippen molar-refractivity contribution in [1.82, 2.24) is 0 Å². The Morgan fingerprint density at radius 3 is 2.72 bits per heavy atom. The molecule has 1 N–H and O–H groups in total. The highest BCUT2D eigenvalue weighted by molar-refractivity contribution is 7.07. The molecule has 0 bridgehead atoms. The maximum atomic E-state index is 10.8. The largest absolute Gasteiger partial charge is 0.390 e. The highest BCUT2D eigenvalue weighted by Gasteiger charge is 2.34. The molecule has 0 aromatic carbocycles. The van der Waals surface area contributed by atoms with Crippen molar-refractivity contribution in [3.8, 4) is 0 Å². The van der Waals surface area contributed by atoms with Crippen LogP contribution in [0.5, 0.6) is 0 Å². The van der Waals surface area contributed by atoms with Gasteiger partial charge in [-0.2, -0.15) is 11.3 Å². The van der Waals surface area contributed by atoms with E-state index in [9.17, 15) is 5.11 Å². The lowest BCUT2D eigenvalue weighted by atomic mass is 9.76. The number of rotatable bonds is 2. The summed E-state index contributed by atoms with van der Waals surface area (Å²) in [5.41, 5.74) is 1.23. The summed E-state index contributed by atoms with van der Waals surface area (Å²) in [7, 11) is 0. The van der Waals surface area contributed by atoms with Gasteiger partial charge < -0.3 is 5.11 Å². The van der Waals surface area contributed by atoms with Gasteiger partial charge in [0, 0.05) is 6.42 Å². The Balaban J connectivity index is 1.99. The minimum atomic E-state index is -0.457. The third-order valence-corrected chi connectivity index (χ3v) is 5.22. The lowest BCUT2D eigenvalue weighted by molar-refractivity contribution is 0.0226. The standard InChI is InChI=1S/C16H26OS/c1-15(2,3)14-5-4-8-16(17,9-6-14)11-13-7-10-18-12-13/h7,10,12,14,17H,4-6,8-9,11H2,1-3H3. The van der Waals surface area contributed by atoms with Crippen LogP contribution < -0.4 is 0 Å². The molecule has 2 heteroatoms. The minimum Gasteiger partial charge on any atom is -0.390 e. The molecule has 1 aliphatic rings. The first-order chi connectivity index (χ1) is 8.39. The van der Waals surface area contributed by atoms with E-state index in [2.05, 4.69) is 37.6 Å². The summed E-state index contributed by atoms with van der Waals surface area (Å²) in [5, 5.41) is 15.1.